The van der Waals surface area contributed by atoms with Crippen LogP contribution in [0.3, 0.4) is 0 Å². The van der Waals surface area contributed by atoms with Crippen molar-refractivity contribution in [2.24, 2.45) is 0 Å². The van der Waals surface area contributed by atoms with Crippen molar-refractivity contribution >= 4 is 23.9 Å². The number of aliphatic hydroxyl groups is 1. The van der Waals surface area contributed by atoms with E-state index >= 15 is 0 Å². The van der Waals surface area contributed by atoms with Crippen LogP contribution >= 0.6 is 11.8 Å². The molecule has 27 heavy (non-hydrogen) atoms. The topological polar surface area (TPSA) is 90.6 Å². The minimum absolute atomic E-state index is 0.0689. The Morgan fingerprint density at radius 1 is 1.44 bits per heavy atom. The first kappa shape index (κ1) is 21.4. The minimum Gasteiger partial charge on any atom is -0.441 e. The van der Waals surface area contributed by atoms with Crippen LogP contribution in [0.1, 0.15) is 52.7 Å². The van der Waals surface area contributed by atoms with Crippen molar-refractivity contribution in [3.63, 3.8) is 0 Å². The molecule has 150 valence electrons. The smallest absolute Gasteiger partial charge is 0.319 e. The van der Waals surface area contributed by atoms with Crippen molar-refractivity contribution in [2.45, 2.75) is 58.1 Å². The molecule has 3 N–H and O–H groups in total. The van der Waals surface area contributed by atoms with Crippen LogP contribution in [0.25, 0.3) is 6.08 Å². The number of carbonyl (C=O) groups is 1. The van der Waals surface area contributed by atoms with Crippen LogP contribution in [0.15, 0.2) is 27.8 Å². The molecule has 1 fully saturated rings. The third-order valence-corrected chi connectivity index (χ3v) is 5.00. The summed E-state index contributed by atoms with van der Waals surface area (Å²) in [6.07, 6.45) is 7.54. The second-order valence-corrected chi connectivity index (χ2v) is 8.37. The summed E-state index contributed by atoms with van der Waals surface area (Å²) < 4.78 is 5.72. The van der Waals surface area contributed by atoms with Gasteiger partial charge < -0.3 is 25.1 Å². The standard InChI is InChI=1S/C17H24N4O3S.C2H6/c1-17(2,3)13-9-18-14(24-13)5-4-12-8-19-15(25-12)20-16(23)21-7-6-11(22)10-21;1-2/h4-5,8-9,11,15,19,22H,6-7,10H2,1-3H3,(H,20,23);1-2H3/b5-4+;. The molecule has 8 heteroatoms. The summed E-state index contributed by atoms with van der Waals surface area (Å²) in [6.45, 7) is 11.2. The van der Waals surface area contributed by atoms with E-state index in [4.69, 9.17) is 4.42 Å². The van der Waals surface area contributed by atoms with Crippen LogP contribution in [0.2, 0.25) is 0 Å². The van der Waals surface area contributed by atoms with Crippen molar-refractivity contribution in [3.8, 4) is 0 Å². The second kappa shape index (κ2) is 9.32. The summed E-state index contributed by atoms with van der Waals surface area (Å²) in [5, 5.41) is 15.5. The third kappa shape index (κ3) is 6.04. The maximum atomic E-state index is 12.1. The Morgan fingerprint density at radius 3 is 2.78 bits per heavy atom. The van der Waals surface area contributed by atoms with Gasteiger partial charge in [0.1, 0.15) is 5.76 Å². The molecule has 0 bridgehead atoms. The Kier molecular flexibility index (Phi) is 7.38. The number of nitrogens with one attached hydrogen (secondary N) is 2. The van der Waals surface area contributed by atoms with E-state index in [2.05, 4.69) is 36.4 Å². The quantitative estimate of drug-likeness (QED) is 0.729. The number of thioether (sulfide) groups is 1. The molecule has 3 rings (SSSR count). The summed E-state index contributed by atoms with van der Waals surface area (Å²) in [4.78, 5) is 19.0. The van der Waals surface area contributed by atoms with Gasteiger partial charge in [-0.25, -0.2) is 9.78 Å². The zero-order chi connectivity index (χ0) is 20.0. The van der Waals surface area contributed by atoms with E-state index in [9.17, 15) is 9.90 Å². The molecular weight excluding hydrogens is 364 g/mol. The fourth-order valence-electron chi connectivity index (χ4n) is 2.52. The molecule has 0 radical (unpaired) electrons. The molecule has 2 aliphatic rings. The lowest BCUT2D eigenvalue weighted by Gasteiger charge is -2.20. The lowest BCUT2D eigenvalue weighted by Crippen LogP contribution is -2.46. The summed E-state index contributed by atoms with van der Waals surface area (Å²) in [5.41, 5.74) is -0.292. The molecule has 0 saturated carbocycles. The molecule has 2 amide bonds. The fourth-order valence-corrected chi connectivity index (χ4v) is 3.37. The molecule has 3 heterocycles. The van der Waals surface area contributed by atoms with Crippen LogP contribution in [0.5, 0.6) is 0 Å². The van der Waals surface area contributed by atoms with Gasteiger partial charge in [0.25, 0.3) is 0 Å². The van der Waals surface area contributed by atoms with E-state index in [0.29, 0.717) is 25.4 Å². The predicted molar refractivity (Wildman–Crippen MR) is 109 cm³/mol. The van der Waals surface area contributed by atoms with E-state index in [0.717, 1.165) is 10.7 Å². The number of aliphatic hydroxyl groups excluding tert-OH is 1. The minimum atomic E-state index is -0.412. The molecular formula is C19H30N4O3S. The molecule has 2 atom stereocenters. The van der Waals surface area contributed by atoms with Crippen LogP contribution in [-0.2, 0) is 5.41 Å². The first-order valence-corrected chi connectivity index (χ1v) is 10.2. The summed E-state index contributed by atoms with van der Waals surface area (Å²) in [6, 6.07) is -0.164. The maximum absolute atomic E-state index is 12.1. The SMILES string of the molecule is CC.CC(C)(C)c1cnc(/C=C/C2=CNC(NC(=O)N3CCC(O)C3)S2)o1. The number of hydrogen-bond acceptors (Lipinski definition) is 6. The molecule has 7 nitrogen and oxygen atoms in total. The molecule has 0 aromatic carbocycles. The molecule has 0 spiro atoms. The van der Waals surface area contributed by atoms with Crippen molar-refractivity contribution in [2.75, 3.05) is 13.1 Å². The lowest BCUT2D eigenvalue weighted by molar-refractivity contribution is 0.171. The number of allylic oxidation sites excluding steroid dienone is 1. The van der Waals surface area contributed by atoms with Gasteiger partial charge in [0.2, 0.25) is 5.89 Å². The molecule has 1 aromatic heterocycles. The summed E-state index contributed by atoms with van der Waals surface area (Å²) >= 11 is 1.50. The number of amides is 2. The molecule has 1 aromatic rings. The Labute approximate surface area is 165 Å². The van der Waals surface area contributed by atoms with E-state index < -0.39 is 6.10 Å². The van der Waals surface area contributed by atoms with Gasteiger partial charge in [-0.15, -0.1) is 0 Å². The van der Waals surface area contributed by atoms with Crippen molar-refractivity contribution < 1.29 is 14.3 Å². The summed E-state index contributed by atoms with van der Waals surface area (Å²) in [7, 11) is 0. The third-order valence-electron chi connectivity index (χ3n) is 3.99. The Balaban J connectivity index is 0.00000126. The number of likely N-dealkylation sites (tertiary alicyclic amines) is 1. The number of nitrogens with zero attached hydrogens (tertiary/aromatic N) is 2. The van der Waals surface area contributed by atoms with Crippen molar-refractivity contribution in [1.82, 2.24) is 20.5 Å². The largest absolute Gasteiger partial charge is 0.441 e. The molecule has 1 saturated heterocycles. The second-order valence-electron chi connectivity index (χ2n) is 7.20. The van der Waals surface area contributed by atoms with Gasteiger partial charge in [-0.3, -0.25) is 0 Å². The molecule has 2 aliphatic heterocycles. The number of carbonyl (C=O) groups excluding carboxylic acids is 1. The fraction of sp³-hybridized carbons (Fsp3) is 0.579. The average Bonchev–Trinajstić information content (AvgIpc) is 3.34. The first-order chi connectivity index (χ1) is 12.8. The zero-order valence-electron chi connectivity index (χ0n) is 16.7. The van der Waals surface area contributed by atoms with E-state index in [-0.39, 0.29) is 16.9 Å². The van der Waals surface area contributed by atoms with Crippen LogP contribution < -0.4 is 10.6 Å². The van der Waals surface area contributed by atoms with Gasteiger partial charge in [-0.05, 0) is 12.5 Å². The Bertz CT molecular complexity index is 693. The Morgan fingerprint density at radius 2 is 2.19 bits per heavy atom. The maximum Gasteiger partial charge on any atom is 0.319 e. The number of urea groups is 1. The molecule has 2 unspecified atom stereocenters. The highest BCUT2D eigenvalue weighted by Gasteiger charge is 2.27. The van der Waals surface area contributed by atoms with Gasteiger partial charge in [-0.1, -0.05) is 46.4 Å². The van der Waals surface area contributed by atoms with Crippen LogP contribution in [0, 0.1) is 0 Å². The first-order valence-electron chi connectivity index (χ1n) is 9.32. The van der Waals surface area contributed by atoms with Gasteiger partial charge >= 0.3 is 6.03 Å². The van der Waals surface area contributed by atoms with E-state index in [1.807, 2.05) is 32.2 Å². The monoisotopic (exact) mass is 394 g/mol. The van der Waals surface area contributed by atoms with Crippen LogP contribution in [0.4, 0.5) is 4.79 Å². The highest BCUT2D eigenvalue weighted by molar-refractivity contribution is 8.04. The summed E-state index contributed by atoms with van der Waals surface area (Å²) in [5.74, 6) is 1.40. The number of β-amino-alcohol motifs (C(OH)–C–C–N with tert-alkyl or cyclic N) is 1. The van der Waals surface area contributed by atoms with Gasteiger partial charge in [0.05, 0.1) is 12.3 Å². The van der Waals surface area contributed by atoms with Gasteiger partial charge in [-0.2, -0.15) is 0 Å². The Hall–Kier alpha value is -1.93. The van der Waals surface area contributed by atoms with E-state index in [1.165, 1.54) is 11.8 Å². The predicted octanol–water partition coefficient (Wildman–Crippen LogP) is 3.25. The normalized spacial score (nSPS) is 22.3. The number of rotatable bonds is 3. The number of hydrogen-bond donors (Lipinski definition) is 3. The van der Waals surface area contributed by atoms with Gasteiger partial charge in [0, 0.05) is 35.7 Å². The number of oxazole rings is 1. The number of aromatic nitrogens is 1. The lowest BCUT2D eigenvalue weighted by atomic mass is 9.94. The van der Waals surface area contributed by atoms with Crippen LogP contribution in [-0.4, -0.2) is 45.7 Å². The van der Waals surface area contributed by atoms with Crippen molar-refractivity contribution in [1.29, 1.82) is 0 Å². The molecule has 0 aliphatic carbocycles. The average molecular weight is 395 g/mol. The van der Waals surface area contributed by atoms with Crippen molar-refractivity contribution in [3.05, 3.63) is 35.0 Å². The highest BCUT2D eigenvalue weighted by Crippen LogP contribution is 2.27. The highest BCUT2D eigenvalue weighted by atomic mass is 32.2. The van der Waals surface area contributed by atoms with Gasteiger partial charge in [0.15, 0.2) is 5.50 Å². The van der Waals surface area contributed by atoms with E-state index in [1.54, 1.807) is 11.1 Å². The zero-order valence-corrected chi connectivity index (χ0v) is 17.5.